The standard InChI is InChI=1S/C14H18ClN3O/c1-2-10-18-13(11-16-17-18)14(19,8-9-15)12-6-4-3-5-7-12/h3-7,11,19H,2,8-10H2,1H3. The molecule has 1 aromatic heterocycles. The minimum absolute atomic E-state index is 0.364. The van der Waals surface area contributed by atoms with Gasteiger partial charge in [-0.2, -0.15) is 0 Å². The highest BCUT2D eigenvalue weighted by Gasteiger charge is 2.34. The number of alkyl halides is 1. The molecule has 102 valence electrons. The lowest BCUT2D eigenvalue weighted by molar-refractivity contribution is 0.0673. The van der Waals surface area contributed by atoms with Crippen LogP contribution in [0.25, 0.3) is 0 Å². The van der Waals surface area contributed by atoms with Crippen molar-refractivity contribution in [3.63, 3.8) is 0 Å². The lowest BCUT2D eigenvalue weighted by Crippen LogP contribution is -2.31. The lowest BCUT2D eigenvalue weighted by Gasteiger charge is -2.28. The van der Waals surface area contributed by atoms with E-state index >= 15 is 0 Å². The summed E-state index contributed by atoms with van der Waals surface area (Å²) in [5.74, 6) is 0.364. The number of nitrogens with zero attached hydrogens (tertiary/aromatic N) is 3. The van der Waals surface area contributed by atoms with E-state index in [1.807, 2.05) is 30.3 Å². The molecule has 0 saturated heterocycles. The Labute approximate surface area is 118 Å². The third-order valence-electron chi connectivity index (χ3n) is 3.18. The second kappa shape index (κ2) is 6.17. The van der Waals surface area contributed by atoms with Crippen LogP contribution in [0, 0.1) is 0 Å². The van der Waals surface area contributed by atoms with Crippen LogP contribution in [0.3, 0.4) is 0 Å². The van der Waals surface area contributed by atoms with Crippen LogP contribution >= 0.6 is 11.6 Å². The second-order valence-corrected chi connectivity index (χ2v) is 4.89. The molecule has 1 N–H and O–H groups in total. The molecule has 19 heavy (non-hydrogen) atoms. The molecule has 0 aliphatic heterocycles. The second-order valence-electron chi connectivity index (χ2n) is 4.51. The summed E-state index contributed by atoms with van der Waals surface area (Å²) in [5, 5.41) is 19.0. The van der Waals surface area contributed by atoms with E-state index in [9.17, 15) is 5.11 Å². The minimum Gasteiger partial charge on any atom is -0.379 e. The average Bonchev–Trinajstić information content (AvgIpc) is 2.89. The molecule has 1 unspecified atom stereocenters. The van der Waals surface area contributed by atoms with E-state index in [2.05, 4.69) is 17.2 Å². The first-order valence-electron chi connectivity index (χ1n) is 6.45. The molecule has 0 saturated carbocycles. The van der Waals surface area contributed by atoms with Crippen LogP contribution in [-0.2, 0) is 12.1 Å². The Kier molecular flexibility index (Phi) is 4.56. The molecule has 0 radical (unpaired) electrons. The van der Waals surface area contributed by atoms with Gasteiger partial charge in [-0.1, -0.05) is 42.5 Å². The molecular formula is C14H18ClN3O. The number of rotatable bonds is 6. The molecule has 0 bridgehead atoms. The fraction of sp³-hybridized carbons (Fsp3) is 0.429. The van der Waals surface area contributed by atoms with Gasteiger partial charge in [0.1, 0.15) is 5.60 Å². The highest BCUT2D eigenvalue weighted by molar-refractivity contribution is 6.17. The molecule has 0 aliphatic rings. The van der Waals surface area contributed by atoms with Gasteiger partial charge in [0.05, 0.1) is 11.9 Å². The first-order valence-corrected chi connectivity index (χ1v) is 6.98. The van der Waals surface area contributed by atoms with Crippen molar-refractivity contribution in [1.82, 2.24) is 15.0 Å². The van der Waals surface area contributed by atoms with E-state index < -0.39 is 5.60 Å². The van der Waals surface area contributed by atoms with Crippen LogP contribution in [0.5, 0.6) is 0 Å². The topological polar surface area (TPSA) is 50.9 Å². The molecular weight excluding hydrogens is 262 g/mol. The normalized spacial score (nSPS) is 14.3. The van der Waals surface area contributed by atoms with Gasteiger partial charge < -0.3 is 5.11 Å². The zero-order valence-electron chi connectivity index (χ0n) is 11.0. The molecule has 2 rings (SSSR count). The van der Waals surface area contributed by atoms with Crippen LogP contribution in [0.15, 0.2) is 36.5 Å². The number of halogens is 1. The summed E-state index contributed by atoms with van der Waals surface area (Å²) in [6.45, 7) is 2.79. The average molecular weight is 280 g/mol. The molecule has 4 nitrogen and oxygen atoms in total. The van der Waals surface area contributed by atoms with Gasteiger partial charge in [0.2, 0.25) is 0 Å². The Bertz CT molecular complexity index is 514. The van der Waals surface area contributed by atoms with Gasteiger partial charge in [-0.25, -0.2) is 4.68 Å². The van der Waals surface area contributed by atoms with Gasteiger partial charge in [0.15, 0.2) is 0 Å². The molecule has 0 spiro atoms. The number of aryl methyl sites for hydroxylation is 1. The maximum Gasteiger partial charge on any atom is 0.134 e. The zero-order chi connectivity index (χ0) is 13.7. The van der Waals surface area contributed by atoms with Gasteiger partial charge >= 0.3 is 0 Å². The van der Waals surface area contributed by atoms with Crippen LogP contribution in [0.4, 0.5) is 0 Å². The number of aromatic nitrogens is 3. The van der Waals surface area contributed by atoms with E-state index in [-0.39, 0.29) is 0 Å². The van der Waals surface area contributed by atoms with Gasteiger partial charge in [0.25, 0.3) is 0 Å². The molecule has 5 heteroatoms. The van der Waals surface area contributed by atoms with Crippen LogP contribution < -0.4 is 0 Å². The molecule has 1 atom stereocenters. The van der Waals surface area contributed by atoms with Gasteiger partial charge in [-0.15, -0.1) is 16.7 Å². The number of aliphatic hydroxyl groups is 1. The number of benzene rings is 1. The zero-order valence-corrected chi connectivity index (χ0v) is 11.7. The first-order chi connectivity index (χ1) is 9.22. The van der Waals surface area contributed by atoms with Gasteiger partial charge in [0, 0.05) is 12.4 Å². The molecule has 0 amide bonds. The Balaban J connectivity index is 2.47. The molecule has 2 aromatic rings. The molecule has 0 aliphatic carbocycles. The molecule has 1 aromatic carbocycles. The van der Waals surface area contributed by atoms with Crippen LogP contribution in [0.2, 0.25) is 0 Å². The fourth-order valence-corrected chi connectivity index (χ4v) is 2.50. The third kappa shape index (κ3) is 2.80. The van der Waals surface area contributed by atoms with Crippen LogP contribution in [-0.4, -0.2) is 26.0 Å². The summed E-state index contributed by atoms with van der Waals surface area (Å²) in [5.41, 5.74) is 0.373. The van der Waals surface area contributed by atoms with Crippen molar-refractivity contribution in [3.8, 4) is 0 Å². The third-order valence-corrected chi connectivity index (χ3v) is 3.37. The monoisotopic (exact) mass is 279 g/mol. The highest BCUT2D eigenvalue weighted by Crippen LogP contribution is 2.32. The maximum absolute atomic E-state index is 11.1. The van der Waals surface area contributed by atoms with Gasteiger partial charge in [-0.3, -0.25) is 0 Å². The summed E-state index contributed by atoms with van der Waals surface area (Å²) >= 11 is 5.87. The molecule has 0 fully saturated rings. The van der Waals surface area contributed by atoms with Crippen molar-refractivity contribution < 1.29 is 5.11 Å². The predicted molar refractivity (Wildman–Crippen MR) is 75.1 cm³/mol. The smallest absolute Gasteiger partial charge is 0.134 e. The Morgan fingerprint density at radius 3 is 2.68 bits per heavy atom. The van der Waals surface area contributed by atoms with E-state index in [4.69, 9.17) is 11.6 Å². The van der Waals surface area contributed by atoms with Crippen LogP contribution in [0.1, 0.15) is 31.0 Å². The quantitative estimate of drug-likeness (QED) is 0.827. The van der Waals surface area contributed by atoms with Crippen molar-refractivity contribution in [2.75, 3.05) is 5.88 Å². The van der Waals surface area contributed by atoms with E-state index in [1.54, 1.807) is 10.9 Å². The van der Waals surface area contributed by atoms with E-state index in [1.165, 1.54) is 0 Å². The minimum atomic E-state index is -1.14. The van der Waals surface area contributed by atoms with E-state index in [0.717, 1.165) is 18.5 Å². The number of hydrogen-bond donors (Lipinski definition) is 1. The summed E-state index contributed by atoms with van der Waals surface area (Å²) in [4.78, 5) is 0. The summed E-state index contributed by atoms with van der Waals surface area (Å²) in [7, 11) is 0. The maximum atomic E-state index is 11.1. The summed E-state index contributed by atoms with van der Waals surface area (Å²) in [6.07, 6.45) is 2.98. The van der Waals surface area contributed by atoms with Crippen molar-refractivity contribution in [2.24, 2.45) is 0 Å². The Morgan fingerprint density at radius 1 is 1.32 bits per heavy atom. The van der Waals surface area contributed by atoms with Gasteiger partial charge in [-0.05, 0) is 18.4 Å². The largest absolute Gasteiger partial charge is 0.379 e. The Morgan fingerprint density at radius 2 is 2.05 bits per heavy atom. The summed E-state index contributed by atoms with van der Waals surface area (Å²) in [6, 6.07) is 9.53. The SMILES string of the molecule is CCCn1nncc1C(O)(CCCl)c1ccccc1. The van der Waals surface area contributed by atoms with Crippen molar-refractivity contribution in [1.29, 1.82) is 0 Å². The number of hydrogen-bond acceptors (Lipinski definition) is 3. The Hall–Kier alpha value is -1.39. The first kappa shape index (κ1) is 14.0. The van der Waals surface area contributed by atoms with Crippen molar-refractivity contribution in [2.45, 2.75) is 31.9 Å². The van der Waals surface area contributed by atoms with Crippen molar-refractivity contribution >= 4 is 11.6 Å². The van der Waals surface area contributed by atoms with E-state index in [0.29, 0.717) is 18.0 Å². The highest BCUT2D eigenvalue weighted by atomic mass is 35.5. The lowest BCUT2D eigenvalue weighted by atomic mass is 9.88. The summed E-state index contributed by atoms with van der Waals surface area (Å²) < 4.78 is 1.75. The molecule has 1 heterocycles. The van der Waals surface area contributed by atoms with Crippen molar-refractivity contribution in [3.05, 3.63) is 47.8 Å². The predicted octanol–water partition coefficient (Wildman–Crippen LogP) is 2.55. The fourth-order valence-electron chi connectivity index (χ4n) is 2.23.